The highest BCUT2D eigenvalue weighted by Crippen LogP contribution is 2.16. The number of nitrogens with zero attached hydrogens (tertiary/aromatic N) is 1. The van der Waals surface area contributed by atoms with E-state index in [1.807, 2.05) is 0 Å². The second-order valence-electron chi connectivity index (χ2n) is 3.89. The van der Waals surface area contributed by atoms with Crippen LogP contribution in [0.3, 0.4) is 0 Å². The van der Waals surface area contributed by atoms with E-state index in [0.717, 1.165) is 0 Å². The van der Waals surface area contributed by atoms with Crippen LogP contribution in [0.1, 0.15) is 11.1 Å². The number of ether oxygens (including phenoxy) is 1. The maximum absolute atomic E-state index is 13.4. The lowest BCUT2D eigenvalue weighted by Gasteiger charge is -2.08. The Morgan fingerprint density at radius 1 is 1.21 bits per heavy atom. The van der Waals surface area contributed by atoms with E-state index in [9.17, 15) is 4.39 Å². The minimum absolute atomic E-state index is 0.00339. The van der Waals surface area contributed by atoms with Crippen LogP contribution in [0, 0.1) is 5.82 Å². The minimum Gasteiger partial charge on any atom is -0.489 e. The monoisotopic (exact) mass is 260 g/mol. The Bertz CT molecular complexity index is 600. The topological polar surface area (TPSA) is 67.8 Å². The number of halogens is 1. The third-order valence-electron chi connectivity index (χ3n) is 2.59. The second-order valence-corrected chi connectivity index (χ2v) is 3.89. The molecular weight excluding hydrogens is 247 g/mol. The highest BCUT2D eigenvalue weighted by Gasteiger charge is 2.04. The first kappa shape index (κ1) is 12.9. The third kappa shape index (κ3) is 3.22. The molecule has 5 heteroatoms. The number of hydrogen-bond donors (Lipinski definition) is 2. The van der Waals surface area contributed by atoms with Gasteiger partial charge in [0.05, 0.1) is 0 Å². The van der Waals surface area contributed by atoms with E-state index in [1.165, 1.54) is 6.07 Å². The minimum atomic E-state index is -0.310. The number of hydrogen-bond acceptors (Lipinski definition) is 3. The van der Waals surface area contributed by atoms with Gasteiger partial charge in [-0.1, -0.05) is 35.5 Å². The zero-order chi connectivity index (χ0) is 13.7. The Morgan fingerprint density at radius 2 is 2.00 bits per heavy atom. The molecule has 0 aromatic heterocycles. The largest absolute Gasteiger partial charge is 0.489 e. The van der Waals surface area contributed by atoms with Gasteiger partial charge in [-0.15, -0.1) is 0 Å². The molecule has 0 aliphatic carbocycles. The maximum Gasteiger partial charge on any atom is 0.170 e. The molecule has 2 aromatic carbocycles. The standard InChI is InChI=1S/C14H13FN2O2/c15-13-7-2-1-4-11(13)9-19-12-6-3-5-10(8-12)14(16)17-18/h1-8,18H,9H2,(H2,16,17). The van der Waals surface area contributed by atoms with Gasteiger partial charge in [-0.3, -0.25) is 0 Å². The first-order valence-electron chi connectivity index (χ1n) is 5.65. The Kier molecular flexibility index (Phi) is 3.97. The van der Waals surface area contributed by atoms with Gasteiger partial charge in [-0.2, -0.15) is 0 Å². The van der Waals surface area contributed by atoms with Crippen LogP contribution < -0.4 is 10.5 Å². The summed E-state index contributed by atoms with van der Waals surface area (Å²) in [5, 5.41) is 11.5. The van der Waals surface area contributed by atoms with Gasteiger partial charge in [0.15, 0.2) is 5.84 Å². The summed E-state index contributed by atoms with van der Waals surface area (Å²) in [5.41, 5.74) is 6.48. The van der Waals surface area contributed by atoms with Gasteiger partial charge in [-0.25, -0.2) is 4.39 Å². The highest BCUT2D eigenvalue weighted by atomic mass is 19.1. The van der Waals surface area contributed by atoms with Crippen molar-refractivity contribution in [3.63, 3.8) is 0 Å². The molecule has 0 saturated carbocycles. The summed E-state index contributed by atoms with van der Waals surface area (Å²) in [4.78, 5) is 0. The van der Waals surface area contributed by atoms with Crippen molar-refractivity contribution in [2.75, 3.05) is 0 Å². The fourth-order valence-electron chi connectivity index (χ4n) is 1.58. The van der Waals surface area contributed by atoms with Gasteiger partial charge in [-0.05, 0) is 18.2 Å². The Hall–Kier alpha value is -2.56. The van der Waals surface area contributed by atoms with E-state index < -0.39 is 0 Å². The molecule has 0 atom stereocenters. The van der Waals surface area contributed by atoms with Gasteiger partial charge in [0.2, 0.25) is 0 Å². The van der Waals surface area contributed by atoms with Gasteiger partial charge in [0.1, 0.15) is 18.2 Å². The molecule has 0 radical (unpaired) electrons. The summed E-state index contributed by atoms with van der Waals surface area (Å²) in [6, 6.07) is 13.1. The van der Waals surface area contributed by atoms with E-state index >= 15 is 0 Å². The summed E-state index contributed by atoms with van der Waals surface area (Å²) < 4.78 is 18.9. The molecule has 0 saturated heterocycles. The maximum atomic E-state index is 13.4. The number of nitrogens with two attached hydrogens (primary N) is 1. The van der Waals surface area contributed by atoms with Crippen LogP contribution in [0.4, 0.5) is 4.39 Å². The first-order chi connectivity index (χ1) is 9.20. The molecule has 3 N–H and O–H groups in total. The van der Waals surface area contributed by atoms with Crippen molar-refractivity contribution in [3.8, 4) is 5.75 Å². The van der Waals surface area contributed by atoms with Gasteiger partial charge < -0.3 is 15.7 Å². The van der Waals surface area contributed by atoms with Crippen molar-refractivity contribution in [2.24, 2.45) is 10.9 Å². The van der Waals surface area contributed by atoms with E-state index in [0.29, 0.717) is 16.9 Å². The third-order valence-corrected chi connectivity index (χ3v) is 2.59. The normalized spacial score (nSPS) is 11.3. The molecule has 0 amide bonds. The van der Waals surface area contributed by atoms with Crippen LogP contribution in [-0.4, -0.2) is 11.0 Å². The number of rotatable bonds is 4. The molecule has 0 bridgehead atoms. The van der Waals surface area contributed by atoms with E-state index in [2.05, 4.69) is 5.16 Å². The van der Waals surface area contributed by atoms with Crippen molar-refractivity contribution in [1.82, 2.24) is 0 Å². The summed E-state index contributed by atoms with van der Waals surface area (Å²) in [6.07, 6.45) is 0. The molecular formula is C14H13FN2O2. The van der Waals surface area contributed by atoms with Crippen molar-refractivity contribution < 1.29 is 14.3 Å². The zero-order valence-corrected chi connectivity index (χ0v) is 10.1. The van der Waals surface area contributed by atoms with Crippen molar-refractivity contribution in [2.45, 2.75) is 6.61 Å². The van der Waals surface area contributed by atoms with Crippen molar-refractivity contribution in [1.29, 1.82) is 0 Å². The molecule has 4 nitrogen and oxygen atoms in total. The predicted molar refractivity (Wildman–Crippen MR) is 69.7 cm³/mol. The molecule has 2 rings (SSSR count). The molecule has 0 aliphatic heterocycles. The van der Waals surface area contributed by atoms with Crippen molar-refractivity contribution in [3.05, 3.63) is 65.5 Å². The summed E-state index contributed by atoms with van der Waals surface area (Å²) >= 11 is 0. The van der Waals surface area contributed by atoms with Crippen molar-refractivity contribution >= 4 is 5.84 Å². The van der Waals surface area contributed by atoms with Gasteiger partial charge >= 0.3 is 0 Å². The Labute approximate surface area is 109 Å². The summed E-state index contributed by atoms with van der Waals surface area (Å²) in [5.74, 6) is 0.207. The number of benzene rings is 2. The molecule has 19 heavy (non-hydrogen) atoms. The lowest BCUT2D eigenvalue weighted by Crippen LogP contribution is -2.13. The summed E-state index contributed by atoms with van der Waals surface area (Å²) in [6.45, 7) is 0.117. The fourth-order valence-corrected chi connectivity index (χ4v) is 1.58. The number of oxime groups is 1. The van der Waals surface area contributed by atoms with E-state index in [1.54, 1.807) is 42.5 Å². The Balaban J connectivity index is 2.10. The molecule has 0 aliphatic rings. The van der Waals surface area contributed by atoms with Crippen LogP contribution in [0.25, 0.3) is 0 Å². The zero-order valence-electron chi connectivity index (χ0n) is 10.1. The smallest absolute Gasteiger partial charge is 0.170 e. The van der Waals surface area contributed by atoms with Crippen LogP contribution in [0.2, 0.25) is 0 Å². The van der Waals surface area contributed by atoms with Gasteiger partial charge in [0.25, 0.3) is 0 Å². The summed E-state index contributed by atoms with van der Waals surface area (Å²) in [7, 11) is 0. The quantitative estimate of drug-likeness (QED) is 0.384. The van der Waals surface area contributed by atoms with E-state index in [4.69, 9.17) is 15.7 Å². The second kappa shape index (κ2) is 5.86. The van der Waals surface area contributed by atoms with Crippen LogP contribution in [0.5, 0.6) is 5.75 Å². The van der Waals surface area contributed by atoms with Crippen LogP contribution >= 0.6 is 0 Å². The first-order valence-corrected chi connectivity index (χ1v) is 5.65. The molecule has 2 aromatic rings. The average Bonchev–Trinajstić information content (AvgIpc) is 2.46. The predicted octanol–water partition coefficient (Wildman–Crippen LogP) is 2.50. The average molecular weight is 260 g/mol. The highest BCUT2D eigenvalue weighted by molar-refractivity contribution is 5.97. The van der Waals surface area contributed by atoms with Gasteiger partial charge in [0, 0.05) is 11.1 Å². The fraction of sp³-hybridized carbons (Fsp3) is 0.0714. The van der Waals surface area contributed by atoms with Crippen LogP contribution in [-0.2, 0) is 6.61 Å². The molecule has 98 valence electrons. The van der Waals surface area contributed by atoms with E-state index in [-0.39, 0.29) is 18.3 Å². The lowest BCUT2D eigenvalue weighted by atomic mass is 10.2. The van der Waals surface area contributed by atoms with Crippen LogP contribution in [0.15, 0.2) is 53.7 Å². The number of amidine groups is 1. The molecule has 0 heterocycles. The Morgan fingerprint density at radius 3 is 2.74 bits per heavy atom. The lowest BCUT2D eigenvalue weighted by molar-refractivity contribution is 0.299. The SMILES string of the molecule is N/C(=N\O)c1cccc(OCc2ccccc2F)c1. The molecule has 0 unspecified atom stereocenters. The molecule has 0 spiro atoms. The molecule has 0 fully saturated rings.